The van der Waals surface area contributed by atoms with Crippen molar-refractivity contribution in [3.05, 3.63) is 34.4 Å². The average Bonchev–Trinajstić information content (AvgIpc) is 2.28. The molecule has 17 heavy (non-hydrogen) atoms. The highest BCUT2D eigenvalue weighted by Crippen LogP contribution is 2.18. The molecular formula is C14H22N2O. The van der Waals surface area contributed by atoms with Crippen molar-refractivity contribution in [1.29, 1.82) is 0 Å². The second-order valence-electron chi connectivity index (χ2n) is 4.83. The highest BCUT2D eigenvalue weighted by molar-refractivity contribution is 5.81. The Bertz CT molecular complexity index is 424. The van der Waals surface area contributed by atoms with Gasteiger partial charge in [0.15, 0.2) is 0 Å². The summed E-state index contributed by atoms with van der Waals surface area (Å²) >= 11 is 0. The van der Waals surface area contributed by atoms with Crippen LogP contribution in [0.25, 0.3) is 0 Å². The van der Waals surface area contributed by atoms with Crippen molar-refractivity contribution in [2.24, 2.45) is 5.73 Å². The number of hydrogen-bond donors (Lipinski definition) is 1. The summed E-state index contributed by atoms with van der Waals surface area (Å²) in [7, 11) is 3.46. The molecule has 0 heterocycles. The highest BCUT2D eigenvalue weighted by atomic mass is 16.2. The van der Waals surface area contributed by atoms with Gasteiger partial charge < -0.3 is 10.6 Å². The van der Waals surface area contributed by atoms with Crippen molar-refractivity contribution in [1.82, 2.24) is 4.90 Å². The van der Waals surface area contributed by atoms with Crippen LogP contribution in [0.4, 0.5) is 0 Å². The lowest BCUT2D eigenvalue weighted by Crippen LogP contribution is -2.41. The van der Waals surface area contributed by atoms with Crippen LogP contribution in [0, 0.1) is 20.8 Å². The van der Waals surface area contributed by atoms with Crippen molar-refractivity contribution in [3.8, 4) is 0 Å². The second kappa shape index (κ2) is 5.32. The summed E-state index contributed by atoms with van der Waals surface area (Å²) in [5.41, 5.74) is 10.9. The van der Waals surface area contributed by atoms with Gasteiger partial charge in [0.1, 0.15) is 0 Å². The summed E-state index contributed by atoms with van der Waals surface area (Å²) in [6.45, 7) is 6.29. The lowest BCUT2D eigenvalue weighted by molar-refractivity contribution is -0.130. The molecule has 2 N–H and O–H groups in total. The predicted octanol–water partition coefficient (Wildman–Crippen LogP) is 1.57. The van der Waals surface area contributed by atoms with Gasteiger partial charge in [-0.25, -0.2) is 0 Å². The van der Waals surface area contributed by atoms with Crippen LogP contribution in [0.1, 0.15) is 22.3 Å². The Morgan fingerprint density at radius 2 is 1.82 bits per heavy atom. The summed E-state index contributed by atoms with van der Waals surface area (Å²) in [4.78, 5) is 13.3. The Kier molecular flexibility index (Phi) is 4.29. The van der Waals surface area contributed by atoms with E-state index in [4.69, 9.17) is 5.73 Å². The van der Waals surface area contributed by atoms with Gasteiger partial charge in [0.25, 0.3) is 0 Å². The number of carbonyl (C=O) groups is 1. The van der Waals surface area contributed by atoms with Crippen LogP contribution in [0.2, 0.25) is 0 Å². The van der Waals surface area contributed by atoms with Crippen molar-refractivity contribution < 1.29 is 4.79 Å². The van der Waals surface area contributed by atoms with Gasteiger partial charge in [-0.1, -0.05) is 12.1 Å². The minimum atomic E-state index is -0.453. The monoisotopic (exact) mass is 234 g/mol. The molecule has 1 atom stereocenters. The Hall–Kier alpha value is -1.35. The molecule has 0 aliphatic heterocycles. The van der Waals surface area contributed by atoms with Gasteiger partial charge in [0, 0.05) is 14.1 Å². The summed E-state index contributed by atoms with van der Waals surface area (Å²) < 4.78 is 0. The van der Waals surface area contributed by atoms with Gasteiger partial charge in [0.05, 0.1) is 6.04 Å². The molecule has 0 fully saturated rings. The van der Waals surface area contributed by atoms with Crippen molar-refractivity contribution in [2.75, 3.05) is 14.1 Å². The maximum atomic E-state index is 11.7. The minimum Gasteiger partial charge on any atom is -0.347 e. The fraction of sp³-hybridized carbons (Fsp3) is 0.500. The van der Waals surface area contributed by atoms with E-state index in [-0.39, 0.29) is 5.91 Å². The van der Waals surface area contributed by atoms with E-state index in [1.54, 1.807) is 19.0 Å². The Morgan fingerprint density at radius 1 is 1.24 bits per heavy atom. The van der Waals surface area contributed by atoms with Gasteiger partial charge in [0.2, 0.25) is 5.91 Å². The lowest BCUT2D eigenvalue weighted by atomic mass is 9.94. The van der Waals surface area contributed by atoms with Gasteiger partial charge in [-0.2, -0.15) is 0 Å². The molecule has 3 heteroatoms. The van der Waals surface area contributed by atoms with Gasteiger partial charge in [-0.15, -0.1) is 0 Å². The summed E-state index contributed by atoms with van der Waals surface area (Å²) in [6, 6.07) is 3.70. The fourth-order valence-electron chi connectivity index (χ4n) is 1.89. The molecule has 0 aliphatic rings. The molecule has 0 bridgehead atoms. The first-order valence-electron chi connectivity index (χ1n) is 5.87. The first-order valence-corrected chi connectivity index (χ1v) is 5.87. The molecule has 0 radical (unpaired) electrons. The van der Waals surface area contributed by atoms with Gasteiger partial charge in [-0.05, 0) is 49.4 Å². The third-order valence-corrected chi connectivity index (χ3v) is 3.37. The molecule has 1 aromatic rings. The molecular weight excluding hydrogens is 212 g/mol. The maximum absolute atomic E-state index is 11.7. The van der Waals surface area contributed by atoms with Crippen molar-refractivity contribution in [2.45, 2.75) is 33.2 Å². The molecule has 1 aromatic carbocycles. The van der Waals surface area contributed by atoms with Crippen LogP contribution in [0.3, 0.4) is 0 Å². The van der Waals surface area contributed by atoms with Crippen LogP contribution < -0.4 is 5.73 Å². The van der Waals surface area contributed by atoms with Crippen LogP contribution in [0.5, 0.6) is 0 Å². The Balaban J connectivity index is 2.90. The first-order chi connectivity index (χ1) is 7.84. The van der Waals surface area contributed by atoms with E-state index in [0.29, 0.717) is 6.42 Å². The molecule has 0 aliphatic carbocycles. The van der Waals surface area contributed by atoms with E-state index in [1.807, 2.05) is 0 Å². The largest absolute Gasteiger partial charge is 0.347 e. The number of hydrogen-bond acceptors (Lipinski definition) is 2. The number of nitrogens with zero attached hydrogens (tertiary/aromatic N) is 1. The quantitative estimate of drug-likeness (QED) is 0.863. The maximum Gasteiger partial charge on any atom is 0.239 e. The summed E-state index contributed by atoms with van der Waals surface area (Å²) in [5, 5.41) is 0. The molecule has 1 amide bonds. The van der Waals surface area contributed by atoms with Gasteiger partial charge >= 0.3 is 0 Å². The zero-order valence-corrected chi connectivity index (χ0v) is 11.4. The number of benzene rings is 1. The smallest absolute Gasteiger partial charge is 0.239 e. The standard InChI is InChI=1S/C14H22N2O/c1-9-6-7-12(11(3)10(9)2)8-13(15)14(17)16(4)5/h6-7,13H,8,15H2,1-5H3. The zero-order chi connectivity index (χ0) is 13.2. The molecule has 1 rings (SSSR count). The third-order valence-electron chi connectivity index (χ3n) is 3.37. The predicted molar refractivity (Wildman–Crippen MR) is 71.0 cm³/mol. The van der Waals surface area contributed by atoms with Crippen LogP contribution in [-0.2, 0) is 11.2 Å². The average molecular weight is 234 g/mol. The second-order valence-corrected chi connectivity index (χ2v) is 4.83. The number of amides is 1. The lowest BCUT2D eigenvalue weighted by Gasteiger charge is -2.18. The van der Waals surface area contributed by atoms with Crippen LogP contribution in [0.15, 0.2) is 12.1 Å². The number of nitrogens with two attached hydrogens (primary N) is 1. The Morgan fingerprint density at radius 3 is 2.35 bits per heavy atom. The van der Waals surface area contributed by atoms with Crippen LogP contribution in [-0.4, -0.2) is 30.9 Å². The highest BCUT2D eigenvalue weighted by Gasteiger charge is 2.17. The summed E-state index contributed by atoms with van der Waals surface area (Å²) in [5.74, 6) is -0.0253. The molecule has 0 spiro atoms. The number of carbonyl (C=O) groups excluding carboxylic acids is 1. The molecule has 0 saturated heterocycles. The molecule has 0 saturated carbocycles. The van der Waals surface area contributed by atoms with Crippen LogP contribution >= 0.6 is 0 Å². The number of rotatable bonds is 3. The number of aryl methyl sites for hydroxylation is 1. The minimum absolute atomic E-state index is 0.0253. The van der Waals surface area contributed by atoms with E-state index in [0.717, 1.165) is 5.56 Å². The Labute approximate surface area is 104 Å². The zero-order valence-electron chi connectivity index (χ0n) is 11.4. The third kappa shape index (κ3) is 3.07. The first kappa shape index (κ1) is 13.7. The normalized spacial score (nSPS) is 12.4. The summed E-state index contributed by atoms with van der Waals surface area (Å²) in [6.07, 6.45) is 0.601. The molecule has 1 unspecified atom stereocenters. The molecule has 94 valence electrons. The fourth-order valence-corrected chi connectivity index (χ4v) is 1.89. The van der Waals surface area contributed by atoms with E-state index >= 15 is 0 Å². The van der Waals surface area contributed by atoms with Crippen molar-refractivity contribution >= 4 is 5.91 Å². The number of likely N-dealkylation sites (N-methyl/N-ethyl adjacent to an activating group) is 1. The van der Waals surface area contributed by atoms with Gasteiger partial charge in [-0.3, -0.25) is 4.79 Å². The SMILES string of the molecule is Cc1ccc(CC(N)C(=O)N(C)C)c(C)c1C. The van der Waals surface area contributed by atoms with E-state index in [2.05, 4.69) is 32.9 Å². The van der Waals surface area contributed by atoms with E-state index < -0.39 is 6.04 Å². The molecule has 0 aromatic heterocycles. The van der Waals surface area contributed by atoms with E-state index in [1.165, 1.54) is 16.7 Å². The topological polar surface area (TPSA) is 46.3 Å². The van der Waals surface area contributed by atoms with Crippen molar-refractivity contribution in [3.63, 3.8) is 0 Å². The van der Waals surface area contributed by atoms with E-state index in [9.17, 15) is 4.79 Å². The molecule has 3 nitrogen and oxygen atoms in total.